The predicted octanol–water partition coefficient (Wildman–Crippen LogP) is 1.08. The summed E-state index contributed by atoms with van der Waals surface area (Å²) in [7, 11) is 0. The van der Waals surface area contributed by atoms with Crippen molar-refractivity contribution in [2.45, 2.75) is 45.2 Å². The van der Waals surface area contributed by atoms with Crippen LogP contribution in [0.15, 0.2) is 0 Å². The van der Waals surface area contributed by atoms with Gasteiger partial charge in [-0.2, -0.15) is 0 Å². The van der Waals surface area contributed by atoms with Gasteiger partial charge in [-0.15, -0.1) is 0 Å². The summed E-state index contributed by atoms with van der Waals surface area (Å²) >= 11 is 0. The zero-order chi connectivity index (χ0) is 9.19. The van der Waals surface area contributed by atoms with Gasteiger partial charge in [0.05, 0.1) is 6.61 Å². The van der Waals surface area contributed by atoms with Gasteiger partial charge in [0.1, 0.15) is 5.54 Å². The van der Waals surface area contributed by atoms with Gasteiger partial charge in [-0.05, 0) is 33.6 Å². The van der Waals surface area contributed by atoms with Crippen molar-refractivity contribution >= 4 is 5.97 Å². The molecule has 12 heavy (non-hydrogen) atoms. The van der Waals surface area contributed by atoms with Crippen LogP contribution < -0.4 is 5.32 Å². The summed E-state index contributed by atoms with van der Waals surface area (Å²) in [5.74, 6) is -0.116. The number of hydrogen-bond acceptors (Lipinski definition) is 3. The third kappa shape index (κ3) is 1.78. The topological polar surface area (TPSA) is 38.3 Å². The Morgan fingerprint density at radius 2 is 2.42 bits per heavy atom. The molecule has 0 aromatic rings. The van der Waals surface area contributed by atoms with E-state index in [4.69, 9.17) is 4.74 Å². The fraction of sp³-hybridized carbons (Fsp3) is 0.889. The molecule has 0 saturated carbocycles. The van der Waals surface area contributed by atoms with E-state index in [0.717, 1.165) is 12.8 Å². The van der Waals surface area contributed by atoms with Crippen LogP contribution in [-0.2, 0) is 9.53 Å². The quantitative estimate of drug-likeness (QED) is 0.632. The molecule has 1 aliphatic rings. The summed E-state index contributed by atoms with van der Waals surface area (Å²) in [6, 6.07) is 0.430. The molecule has 0 aromatic carbocycles. The van der Waals surface area contributed by atoms with Gasteiger partial charge < -0.3 is 4.74 Å². The van der Waals surface area contributed by atoms with Crippen molar-refractivity contribution in [2.75, 3.05) is 6.61 Å². The summed E-state index contributed by atoms with van der Waals surface area (Å²) in [4.78, 5) is 11.4. The molecule has 70 valence electrons. The summed E-state index contributed by atoms with van der Waals surface area (Å²) in [5, 5.41) is 3.24. The minimum absolute atomic E-state index is 0.116. The Morgan fingerprint density at radius 1 is 1.75 bits per heavy atom. The van der Waals surface area contributed by atoms with E-state index in [1.807, 2.05) is 13.8 Å². The highest BCUT2D eigenvalue weighted by Crippen LogP contribution is 2.23. The number of rotatable bonds is 2. The lowest BCUT2D eigenvalue weighted by atomic mass is 10.0. The standard InChI is InChI=1S/C9H17NO2/c1-4-12-8(11)9(3)6-5-7(2)10-9/h7,10H,4-6H2,1-3H3/t7-,9-/m0/s1. The lowest BCUT2D eigenvalue weighted by molar-refractivity contribution is -0.149. The van der Waals surface area contributed by atoms with Crippen molar-refractivity contribution in [3.8, 4) is 0 Å². The van der Waals surface area contributed by atoms with Gasteiger partial charge in [-0.1, -0.05) is 0 Å². The van der Waals surface area contributed by atoms with E-state index in [1.165, 1.54) is 0 Å². The number of carbonyl (C=O) groups is 1. The Morgan fingerprint density at radius 3 is 2.83 bits per heavy atom. The van der Waals surface area contributed by atoms with Gasteiger partial charge >= 0.3 is 5.97 Å². The van der Waals surface area contributed by atoms with Crippen molar-refractivity contribution in [1.82, 2.24) is 5.32 Å². The van der Waals surface area contributed by atoms with Crippen LogP contribution in [0.5, 0.6) is 0 Å². The number of esters is 1. The fourth-order valence-corrected chi connectivity index (χ4v) is 1.64. The molecular formula is C9H17NO2. The van der Waals surface area contributed by atoms with Gasteiger partial charge in [-0.25, -0.2) is 0 Å². The second-order valence-corrected chi connectivity index (χ2v) is 3.64. The van der Waals surface area contributed by atoms with E-state index in [-0.39, 0.29) is 5.97 Å². The van der Waals surface area contributed by atoms with E-state index in [2.05, 4.69) is 12.2 Å². The molecule has 1 fully saturated rings. The Balaban J connectivity index is 2.54. The van der Waals surface area contributed by atoms with Crippen LogP contribution in [0.4, 0.5) is 0 Å². The van der Waals surface area contributed by atoms with Gasteiger partial charge in [0.25, 0.3) is 0 Å². The van der Waals surface area contributed by atoms with Crippen molar-refractivity contribution in [3.05, 3.63) is 0 Å². The molecule has 0 bridgehead atoms. The summed E-state index contributed by atoms with van der Waals surface area (Å²) in [6.07, 6.45) is 1.93. The average Bonchev–Trinajstić information content (AvgIpc) is 2.33. The first-order valence-electron chi connectivity index (χ1n) is 4.53. The van der Waals surface area contributed by atoms with Crippen molar-refractivity contribution < 1.29 is 9.53 Å². The maximum absolute atomic E-state index is 11.4. The van der Waals surface area contributed by atoms with E-state index >= 15 is 0 Å². The molecule has 1 heterocycles. The van der Waals surface area contributed by atoms with Gasteiger partial charge in [-0.3, -0.25) is 10.1 Å². The van der Waals surface area contributed by atoms with E-state index < -0.39 is 5.54 Å². The first kappa shape index (κ1) is 9.52. The maximum atomic E-state index is 11.4. The molecule has 1 N–H and O–H groups in total. The molecule has 0 spiro atoms. The van der Waals surface area contributed by atoms with Crippen molar-refractivity contribution in [1.29, 1.82) is 0 Å². The Bertz CT molecular complexity index is 181. The Kier molecular flexibility index (Phi) is 2.73. The largest absolute Gasteiger partial charge is 0.465 e. The van der Waals surface area contributed by atoms with Crippen molar-refractivity contribution in [2.24, 2.45) is 0 Å². The number of ether oxygens (including phenoxy) is 1. The minimum Gasteiger partial charge on any atom is -0.465 e. The van der Waals surface area contributed by atoms with E-state index in [9.17, 15) is 4.79 Å². The van der Waals surface area contributed by atoms with Gasteiger partial charge in [0.2, 0.25) is 0 Å². The van der Waals surface area contributed by atoms with E-state index in [1.54, 1.807) is 0 Å². The average molecular weight is 171 g/mol. The van der Waals surface area contributed by atoms with Crippen LogP contribution >= 0.6 is 0 Å². The first-order valence-corrected chi connectivity index (χ1v) is 4.53. The van der Waals surface area contributed by atoms with Crippen LogP contribution in [0.2, 0.25) is 0 Å². The molecule has 1 rings (SSSR count). The Labute approximate surface area is 73.5 Å². The highest BCUT2D eigenvalue weighted by molar-refractivity contribution is 5.80. The molecule has 0 radical (unpaired) electrons. The number of carbonyl (C=O) groups excluding carboxylic acids is 1. The first-order chi connectivity index (χ1) is 5.58. The summed E-state index contributed by atoms with van der Waals surface area (Å²) in [5.41, 5.74) is -0.435. The molecule has 0 amide bonds. The lowest BCUT2D eigenvalue weighted by Gasteiger charge is -2.22. The van der Waals surface area contributed by atoms with Crippen LogP contribution in [-0.4, -0.2) is 24.2 Å². The lowest BCUT2D eigenvalue weighted by Crippen LogP contribution is -2.47. The highest BCUT2D eigenvalue weighted by atomic mass is 16.5. The predicted molar refractivity (Wildman–Crippen MR) is 46.9 cm³/mol. The van der Waals surface area contributed by atoms with Gasteiger partial charge in [0.15, 0.2) is 0 Å². The molecule has 3 nitrogen and oxygen atoms in total. The van der Waals surface area contributed by atoms with Crippen molar-refractivity contribution in [3.63, 3.8) is 0 Å². The molecule has 2 atom stereocenters. The second kappa shape index (κ2) is 3.44. The van der Waals surface area contributed by atoms with Crippen LogP contribution in [0, 0.1) is 0 Å². The Hall–Kier alpha value is -0.570. The molecular weight excluding hydrogens is 154 g/mol. The highest BCUT2D eigenvalue weighted by Gasteiger charge is 2.40. The van der Waals surface area contributed by atoms with Gasteiger partial charge in [0, 0.05) is 6.04 Å². The zero-order valence-corrected chi connectivity index (χ0v) is 8.02. The van der Waals surface area contributed by atoms with Crippen LogP contribution in [0.1, 0.15) is 33.6 Å². The SMILES string of the molecule is CCOC(=O)[C@]1(C)CC[C@H](C)N1. The number of nitrogens with one attached hydrogen (secondary N) is 1. The van der Waals surface area contributed by atoms with Crippen LogP contribution in [0.25, 0.3) is 0 Å². The molecule has 0 unspecified atom stereocenters. The fourth-order valence-electron chi connectivity index (χ4n) is 1.64. The number of hydrogen-bond donors (Lipinski definition) is 1. The second-order valence-electron chi connectivity index (χ2n) is 3.64. The smallest absolute Gasteiger partial charge is 0.326 e. The monoisotopic (exact) mass is 171 g/mol. The molecule has 1 aliphatic heterocycles. The third-order valence-electron chi connectivity index (χ3n) is 2.37. The molecule has 0 aliphatic carbocycles. The normalized spacial score (nSPS) is 35.1. The molecule has 1 saturated heterocycles. The minimum atomic E-state index is -0.435. The third-order valence-corrected chi connectivity index (χ3v) is 2.37. The zero-order valence-electron chi connectivity index (χ0n) is 8.02. The van der Waals surface area contributed by atoms with Crippen LogP contribution in [0.3, 0.4) is 0 Å². The molecule has 0 aromatic heterocycles. The van der Waals surface area contributed by atoms with E-state index in [0.29, 0.717) is 12.6 Å². The maximum Gasteiger partial charge on any atom is 0.326 e. The summed E-state index contributed by atoms with van der Waals surface area (Å²) in [6.45, 7) is 6.29. The molecule has 3 heteroatoms. The summed E-state index contributed by atoms with van der Waals surface area (Å²) < 4.78 is 4.98.